The number of hydrogen-bond acceptors (Lipinski definition) is 3. The van der Waals surface area contributed by atoms with Gasteiger partial charge in [-0.2, -0.15) is 16.9 Å². The smallest absolute Gasteiger partial charge is 0.317 e. The number of carbonyl (C=O) groups excluding carboxylic acids is 1. The van der Waals surface area contributed by atoms with Crippen LogP contribution >= 0.6 is 11.8 Å². The normalized spacial score (nSPS) is 18.5. The summed E-state index contributed by atoms with van der Waals surface area (Å²) in [7, 11) is 0. The van der Waals surface area contributed by atoms with Crippen LogP contribution in [0.1, 0.15) is 36.2 Å². The predicted octanol–water partition coefficient (Wildman–Crippen LogP) is 2.74. The summed E-state index contributed by atoms with van der Waals surface area (Å²) in [5.74, 6) is 1.81. The molecule has 2 N–H and O–H groups in total. The highest BCUT2D eigenvalue weighted by Crippen LogP contribution is 2.19. The number of thioether (sulfide) groups is 1. The van der Waals surface area contributed by atoms with Crippen molar-refractivity contribution in [3.63, 3.8) is 0 Å². The van der Waals surface area contributed by atoms with Crippen LogP contribution in [0.15, 0.2) is 0 Å². The summed E-state index contributed by atoms with van der Waals surface area (Å²) in [5, 5.41) is 10.3. The molecular formula is C16H28N4OS. The Morgan fingerprint density at radius 3 is 3.00 bits per heavy atom. The fourth-order valence-electron chi connectivity index (χ4n) is 3.14. The van der Waals surface area contributed by atoms with Crippen molar-refractivity contribution in [3.05, 3.63) is 17.0 Å². The number of nitrogens with zero attached hydrogens (tertiary/aromatic N) is 2. The molecular weight excluding hydrogens is 296 g/mol. The van der Waals surface area contributed by atoms with Gasteiger partial charge in [0.05, 0.1) is 5.69 Å². The Morgan fingerprint density at radius 1 is 1.50 bits per heavy atom. The molecule has 0 unspecified atom stereocenters. The number of aromatic amines is 1. The maximum Gasteiger partial charge on any atom is 0.317 e. The molecule has 1 saturated heterocycles. The number of piperidine rings is 1. The molecule has 2 amide bonds. The highest BCUT2D eigenvalue weighted by atomic mass is 32.2. The first-order valence-corrected chi connectivity index (χ1v) is 9.53. The molecule has 2 rings (SSSR count). The number of aryl methyl sites for hydroxylation is 2. The van der Waals surface area contributed by atoms with Gasteiger partial charge in [-0.3, -0.25) is 5.10 Å². The van der Waals surface area contributed by atoms with E-state index < -0.39 is 0 Å². The standard InChI is InChI=1S/C16H28N4OS/c1-12-15(13(2)19-18-12)7-4-8-17-16(21)20-9-5-6-14(10-20)11-22-3/h14H,4-11H2,1-3H3,(H,17,21)(H,18,19)/t14-/m0/s1. The first kappa shape index (κ1) is 17.2. The average Bonchev–Trinajstić information content (AvgIpc) is 2.83. The topological polar surface area (TPSA) is 61.0 Å². The monoisotopic (exact) mass is 324 g/mol. The fourth-order valence-corrected chi connectivity index (χ4v) is 3.88. The van der Waals surface area contributed by atoms with Crippen LogP contribution in [0.4, 0.5) is 4.79 Å². The van der Waals surface area contributed by atoms with Gasteiger partial charge in [0.25, 0.3) is 0 Å². The number of aromatic nitrogens is 2. The Bertz CT molecular complexity index is 467. The van der Waals surface area contributed by atoms with Gasteiger partial charge in [-0.15, -0.1) is 0 Å². The van der Waals surface area contributed by atoms with E-state index in [4.69, 9.17) is 0 Å². The van der Waals surface area contributed by atoms with Crippen LogP contribution in [0.3, 0.4) is 0 Å². The summed E-state index contributed by atoms with van der Waals surface area (Å²) in [4.78, 5) is 14.2. The van der Waals surface area contributed by atoms with Gasteiger partial charge in [-0.05, 0) is 63.0 Å². The highest BCUT2D eigenvalue weighted by Gasteiger charge is 2.22. The number of urea groups is 1. The number of H-pyrrole nitrogens is 1. The highest BCUT2D eigenvalue weighted by molar-refractivity contribution is 7.98. The van der Waals surface area contributed by atoms with Gasteiger partial charge in [0.2, 0.25) is 0 Å². The Kier molecular flexibility index (Phi) is 6.61. The van der Waals surface area contributed by atoms with Crippen LogP contribution < -0.4 is 5.32 Å². The lowest BCUT2D eigenvalue weighted by atomic mass is 10.0. The van der Waals surface area contributed by atoms with Crippen molar-refractivity contribution in [2.45, 2.75) is 39.5 Å². The van der Waals surface area contributed by atoms with Crippen LogP contribution in [-0.2, 0) is 6.42 Å². The van der Waals surface area contributed by atoms with Crippen molar-refractivity contribution < 1.29 is 4.79 Å². The summed E-state index contributed by atoms with van der Waals surface area (Å²) in [6.45, 7) is 6.61. The molecule has 0 spiro atoms. The van der Waals surface area contributed by atoms with Crippen molar-refractivity contribution in [2.24, 2.45) is 5.92 Å². The number of rotatable bonds is 6. The van der Waals surface area contributed by atoms with Gasteiger partial charge in [-0.25, -0.2) is 4.79 Å². The first-order valence-electron chi connectivity index (χ1n) is 8.14. The van der Waals surface area contributed by atoms with E-state index in [1.165, 1.54) is 12.0 Å². The minimum atomic E-state index is 0.103. The second-order valence-electron chi connectivity index (χ2n) is 6.16. The van der Waals surface area contributed by atoms with Crippen LogP contribution in [0.25, 0.3) is 0 Å². The Morgan fingerprint density at radius 2 is 2.32 bits per heavy atom. The SMILES string of the molecule is CSC[C@H]1CCCN(C(=O)NCCCc2c(C)n[nH]c2C)C1. The fraction of sp³-hybridized carbons (Fsp3) is 0.750. The third-order valence-electron chi connectivity index (χ3n) is 4.37. The zero-order valence-corrected chi connectivity index (χ0v) is 14.8. The number of amides is 2. The zero-order chi connectivity index (χ0) is 15.9. The van der Waals surface area contributed by atoms with E-state index in [2.05, 4.69) is 21.8 Å². The molecule has 124 valence electrons. The maximum absolute atomic E-state index is 12.2. The lowest BCUT2D eigenvalue weighted by molar-refractivity contribution is 0.171. The Balaban J connectivity index is 1.69. The van der Waals surface area contributed by atoms with E-state index in [0.29, 0.717) is 5.92 Å². The van der Waals surface area contributed by atoms with E-state index in [1.807, 2.05) is 30.5 Å². The molecule has 1 atom stereocenters. The van der Waals surface area contributed by atoms with E-state index >= 15 is 0 Å². The minimum absolute atomic E-state index is 0.103. The van der Waals surface area contributed by atoms with Crippen molar-refractivity contribution >= 4 is 17.8 Å². The van der Waals surface area contributed by atoms with Crippen molar-refractivity contribution in [2.75, 3.05) is 31.6 Å². The third-order valence-corrected chi connectivity index (χ3v) is 5.17. The van der Waals surface area contributed by atoms with Crippen LogP contribution in [-0.4, -0.2) is 52.8 Å². The Hall–Kier alpha value is -1.17. The lowest BCUT2D eigenvalue weighted by Gasteiger charge is -2.32. The second kappa shape index (κ2) is 8.46. The molecule has 5 nitrogen and oxygen atoms in total. The molecule has 6 heteroatoms. The molecule has 1 aliphatic rings. The first-order chi connectivity index (χ1) is 10.6. The van der Waals surface area contributed by atoms with Gasteiger partial charge < -0.3 is 10.2 Å². The summed E-state index contributed by atoms with van der Waals surface area (Å²) < 4.78 is 0. The zero-order valence-electron chi connectivity index (χ0n) is 13.9. The summed E-state index contributed by atoms with van der Waals surface area (Å²) in [6, 6.07) is 0.103. The minimum Gasteiger partial charge on any atom is -0.338 e. The molecule has 1 fully saturated rings. The molecule has 0 aliphatic carbocycles. The number of nitrogens with one attached hydrogen (secondary N) is 2. The second-order valence-corrected chi connectivity index (χ2v) is 7.07. The quantitative estimate of drug-likeness (QED) is 0.791. The van der Waals surface area contributed by atoms with Gasteiger partial charge >= 0.3 is 6.03 Å². The van der Waals surface area contributed by atoms with Crippen LogP contribution in [0.5, 0.6) is 0 Å². The van der Waals surface area contributed by atoms with Crippen molar-refractivity contribution in [1.29, 1.82) is 0 Å². The molecule has 1 aromatic rings. The number of carbonyl (C=O) groups is 1. The molecule has 0 bridgehead atoms. The molecule has 1 aromatic heterocycles. The lowest BCUT2D eigenvalue weighted by Crippen LogP contribution is -2.46. The summed E-state index contributed by atoms with van der Waals surface area (Å²) in [6.07, 6.45) is 6.44. The third kappa shape index (κ3) is 4.66. The molecule has 0 aromatic carbocycles. The summed E-state index contributed by atoms with van der Waals surface area (Å²) in [5.41, 5.74) is 3.49. The number of likely N-dealkylation sites (tertiary alicyclic amines) is 1. The molecule has 2 heterocycles. The van der Waals surface area contributed by atoms with Gasteiger partial charge in [0, 0.05) is 25.3 Å². The average molecular weight is 324 g/mol. The van der Waals surface area contributed by atoms with Crippen LogP contribution in [0.2, 0.25) is 0 Å². The molecule has 22 heavy (non-hydrogen) atoms. The van der Waals surface area contributed by atoms with Crippen molar-refractivity contribution in [3.8, 4) is 0 Å². The van der Waals surface area contributed by atoms with Crippen LogP contribution in [0, 0.1) is 19.8 Å². The molecule has 0 saturated carbocycles. The van der Waals surface area contributed by atoms with Gasteiger partial charge in [-0.1, -0.05) is 0 Å². The van der Waals surface area contributed by atoms with E-state index in [-0.39, 0.29) is 6.03 Å². The largest absolute Gasteiger partial charge is 0.338 e. The number of hydrogen-bond donors (Lipinski definition) is 2. The molecule has 0 radical (unpaired) electrons. The predicted molar refractivity (Wildman–Crippen MR) is 92.5 cm³/mol. The summed E-state index contributed by atoms with van der Waals surface area (Å²) >= 11 is 1.88. The maximum atomic E-state index is 12.2. The molecule has 1 aliphatic heterocycles. The Labute approximate surface area is 137 Å². The van der Waals surface area contributed by atoms with Gasteiger partial charge in [0.15, 0.2) is 0 Å². The van der Waals surface area contributed by atoms with E-state index in [0.717, 1.165) is 56.0 Å². The van der Waals surface area contributed by atoms with Gasteiger partial charge in [0.1, 0.15) is 0 Å². The van der Waals surface area contributed by atoms with E-state index in [1.54, 1.807) is 0 Å². The van der Waals surface area contributed by atoms with Crippen molar-refractivity contribution in [1.82, 2.24) is 20.4 Å². The van der Waals surface area contributed by atoms with E-state index in [9.17, 15) is 4.79 Å².